The number of amides is 2. The van der Waals surface area contributed by atoms with E-state index in [4.69, 9.17) is 0 Å². The van der Waals surface area contributed by atoms with Gasteiger partial charge in [-0.25, -0.2) is 14.8 Å². The van der Waals surface area contributed by atoms with Crippen LogP contribution in [0.2, 0.25) is 0 Å². The average molecular weight is 673 g/mol. The van der Waals surface area contributed by atoms with Gasteiger partial charge >= 0.3 is 5.97 Å². The van der Waals surface area contributed by atoms with Gasteiger partial charge < -0.3 is 15.7 Å². The molecular formula is C37H44N4O4S2. The topological polar surface area (TPSA) is 121 Å². The molecule has 0 aliphatic heterocycles. The SMILES string of the molecule is CSCCC(NC(=O)C(Cc1ccc(-c2ncc(-c3ccc(C(C)(C)C)cc3)cn2)cc1)NC(=O)c1ccc(C(C)(C)C)s1)C(=O)O. The van der Waals surface area contributed by atoms with Crippen molar-refractivity contribution in [3.63, 3.8) is 0 Å². The van der Waals surface area contributed by atoms with E-state index >= 15 is 0 Å². The van der Waals surface area contributed by atoms with E-state index in [1.807, 2.05) is 49.0 Å². The lowest BCUT2D eigenvalue weighted by molar-refractivity contribution is -0.142. The number of carbonyl (C=O) groups is 3. The van der Waals surface area contributed by atoms with Crippen molar-refractivity contribution in [1.82, 2.24) is 20.6 Å². The van der Waals surface area contributed by atoms with Crippen molar-refractivity contribution in [1.29, 1.82) is 0 Å². The summed E-state index contributed by atoms with van der Waals surface area (Å²) in [6, 6.07) is 17.6. The van der Waals surface area contributed by atoms with Gasteiger partial charge in [-0.1, -0.05) is 90.1 Å². The van der Waals surface area contributed by atoms with Crippen molar-refractivity contribution in [3.05, 3.63) is 93.9 Å². The molecule has 0 aliphatic rings. The lowest BCUT2D eigenvalue weighted by atomic mass is 9.86. The van der Waals surface area contributed by atoms with Gasteiger partial charge in [-0.2, -0.15) is 11.8 Å². The van der Waals surface area contributed by atoms with E-state index in [0.717, 1.165) is 27.1 Å². The Labute approximate surface area is 285 Å². The van der Waals surface area contributed by atoms with Gasteiger partial charge in [0, 0.05) is 34.8 Å². The van der Waals surface area contributed by atoms with E-state index in [1.54, 1.807) is 6.07 Å². The van der Waals surface area contributed by atoms with Crippen molar-refractivity contribution in [3.8, 4) is 22.5 Å². The number of nitrogens with zero attached hydrogens (tertiary/aromatic N) is 2. The van der Waals surface area contributed by atoms with E-state index in [1.165, 1.54) is 28.7 Å². The minimum Gasteiger partial charge on any atom is -0.480 e. The minimum absolute atomic E-state index is 0.0788. The standard InChI is InChI=1S/C37H44N4O4S2/c1-36(2,3)27-14-12-24(13-15-27)26-21-38-32(39-22-26)25-10-8-23(9-11-25)20-29(33(42)40-28(35(44)45)18-19-46-7)41-34(43)30-16-17-31(47-30)37(4,5)6/h8-17,21-22,28-29H,18-20H2,1-7H3,(H,40,42)(H,41,43)(H,44,45). The highest BCUT2D eigenvalue weighted by Crippen LogP contribution is 2.30. The number of carbonyl (C=O) groups excluding carboxylic acids is 2. The Hall–Kier alpha value is -4.02. The first-order valence-electron chi connectivity index (χ1n) is 15.6. The first kappa shape index (κ1) is 35.8. The highest BCUT2D eigenvalue weighted by Gasteiger charge is 2.28. The quantitative estimate of drug-likeness (QED) is 0.146. The van der Waals surface area contributed by atoms with Crippen LogP contribution in [0.25, 0.3) is 22.5 Å². The fraction of sp³-hybridized carbons (Fsp3) is 0.378. The minimum atomic E-state index is -1.11. The number of thioether (sulfide) groups is 1. The van der Waals surface area contributed by atoms with Gasteiger partial charge in [0.05, 0.1) is 4.88 Å². The molecule has 8 nitrogen and oxygen atoms in total. The van der Waals surface area contributed by atoms with E-state index in [2.05, 4.69) is 86.4 Å². The van der Waals surface area contributed by atoms with Crippen LogP contribution in [0.15, 0.2) is 73.1 Å². The molecule has 0 saturated heterocycles. The number of rotatable bonds is 12. The molecule has 4 aromatic rings. The van der Waals surface area contributed by atoms with Crippen molar-refractivity contribution >= 4 is 40.9 Å². The number of hydrogen-bond donors (Lipinski definition) is 3. The maximum atomic E-state index is 13.4. The predicted molar refractivity (Wildman–Crippen MR) is 192 cm³/mol. The molecule has 2 amide bonds. The van der Waals surface area contributed by atoms with E-state index in [9.17, 15) is 19.5 Å². The molecule has 3 N–H and O–H groups in total. The van der Waals surface area contributed by atoms with E-state index < -0.39 is 24.0 Å². The van der Waals surface area contributed by atoms with Crippen LogP contribution in [0.3, 0.4) is 0 Å². The van der Waals surface area contributed by atoms with Gasteiger partial charge in [0.15, 0.2) is 5.82 Å². The molecule has 2 aromatic carbocycles. The second kappa shape index (κ2) is 15.3. The zero-order valence-electron chi connectivity index (χ0n) is 28.1. The number of aliphatic carboxylic acids is 1. The number of benzene rings is 2. The second-order valence-electron chi connectivity index (χ2n) is 13.6. The largest absolute Gasteiger partial charge is 0.480 e. The van der Waals surface area contributed by atoms with Crippen LogP contribution in [0.4, 0.5) is 0 Å². The molecule has 0 spiro atoms. The van der Waals surface area contributed by atoms with Gasteiger partial charge in [-0.05, 0) is 58.1 Å². The normalized spacial score (nSPS) is 13.1. The first-order valence-corrected chi connectivity index (χ1v) is 17.8. The molecule has 2 unspecified atom stereocenters. The number of thiophene rings is 1. The summed E-state index contributed by atoms with van der Waals surface area (Å²) in [5, 5.41) is 15.2. The maximum Gasteiger partial charge on any atom is 0.326 e. The molecule has 0 aliphatic carbocycles. The van der Waals surface area contributed by atoms with Gasteiger partial charge in [0.1, 0.15) is 12.1 Å². The van der Waals surface area contributed by atoms with E-state index in [-0.39, 0.29) is 29.6 Å². The van der Waals surface area contributed by atoms with Crippen LogP contribution in [-0.4, -0.2) is 57.0 Å². The zero-order valence-corrected chi connectivity index (χ0v) is 29.7. The number of aromatic nitrogens is 2. The zero-order chi connectivity index (χ0) is 34.4. The van der Waals surface area contributed by atoms with Crippen LogP contribution < -0.4 is 10.6 Å². The average Bonchev–Trinajstić information content (AvgIpc) is 3.54. The molecule has 2 aromatic heterocycles. The maximum absolute atomic E-state index is 13.4. The van der Waals surface area contributed by atoms with Crippen molar-refractivity contribution < 1.29 is 19.5 Å². The summed E-state index contributed by atoms with van der Waals surface area (Å²) < 4.78 is 0. The monoisotopic (exact) mass is 672 g/mol. The van der Waals surface area contributed by atoms with Crippen molar-refractivity contribution in [2.24, 2.45) is 0 Å². The molecule has 0 saturated carbocycles. The third-order valence-electron chi connectivity index (χ3n) is 7.80. The number of carboxylic acids is 1. The summed E-state index contributed by atoms with van der Waals surface area (Å²) in [4.78, 5) is 49.3. The Morgan fingerprint density at radius 2 is 1.40 bits per heavy atom. The summed E-state index contributed by atoms with van der Waals surface area (Å²) in [6.45, 7) is 12.8. The predicted octanol–water partition coefficient (Wildman–Crippen LogP) is 7.13. The summed E-state index contributed by atoms with van der Waals surface area (Å²) in [7, 11) is 0. The number of carboxylic acid groups (broad SMARTS) is 1. The molecule has 0 fully saturated rings. The summed E-state index contributed by atoms with van der Waals surface area (Å²) in [5.74, 6) is -0.882. The van der Waals surface area contributed by atoms with Crippen LogP contribution in [-0.2, 0) is 26.8 Å². The van der Waals surface area contributed by atoms with Crippen molar-refractivity contribution in [2.75, 3.05) is 12.0 Å². The van der Waals surface area contributed by atoms with Gasteiger partial charge in [0.2, 0.25) is 5.91 Å². The Morgan fingerprint density at radius 1 is 0.787 bits per heavy atom. The molecule has 0 radical (unpaired) electrons. The Bertz CT molecular complexity index is 1670. The molecule has 2 heterocycles. The van der Waals surface area contributed by atoms with Crippen LogP contribution in [0.5, 0.6) is 0 Å². The molecule has 0 bridgehead atoms. The lowest BCUT2D eigenvalue weighted by Gasteiger charge is -2.21. The molecule has 4 rings (SSSR count). The summed E-state index contributed by atoms with van der Waals surface area (Å²) >= 11 is 2.89. The summed E-state index contributed by atoms with van der Waals surface area (Å²) in [6.07, 6.45) is 5.95. The van der Waals surface area contributed by atoms with Crippen LogP contribution in [0.1, 0.15) is 73.6 Å². The Morgan fingerprint density at radius 3 is 1.94 bits per heavy atom. The second-order valence-corrected chi connectivity index (χ2v) is 15.7. The third-order valence-corrected chi connectivity index (χ3v) is 9.96. The van der Waals surface area contributed by atoms with Gasteiger partial charge in [-0.15, -0.1) is 11.3 Å². The molecular weight excluding hydrogens is 629 g/mol. The molecule has 10 heteroatoms. The van der Waals surface area contributed by atoms with Crippen LogP contribution in [0, 0.1) is 0 Å². The van der Waals surface area contributed by atoms with E-state index in [0.29, 0.717) is 16.5 Å². The fourth-order valence-corrected chi connectivity index (χ4v) is 6.32. The van der Waals surface area contributed by atoms with Crippen LogP contribution >= 0.6 is 23.1 Å². The highest BCUT2D eigenvalue weighted by atomic mass is 32.2. The van der Waals surface area contributed by atoms with Gasteiger partial charge in [0.25, 0.3) is 5.91 Å². The Kier molecular flexibility index (Phi) is 11.6. The fourth-order valence-electron chi connectivity index (χ4n) is 4.88. The van der Waals surface area contributed by atoms with Crippen molar-refractivity contribution in [2.45, 2.75) is 77.3 Å². The number of hydrogen-bond acceptors (Lipinski definition) is 7. The third kappa shape index (κ3) is 9.74. The number of nitrogens with one attached hydrogen (secondary N) is 2. The lowest BCUT2D eigenvalue weighted by Crippen LogP contribution is -2.52. The molecule has 248 valence electrons. The molecule has 47 heavy (non-hydrogen) atoms. The highest BCUT2D eigenvalue weighted by molar-refractivity contribution is 7.98. The summed E-state index contributed by atoms with van der Waals surface area (Å²) in [5.41, 5.74) is 4.80. The van der Waals surface area contributed by atoms with Gasteiger partial charge in [-0.3, -0.25) is 9.59 Å². The molecule has 2 atom stereocenters. The Balaban J connectivity index is 1.51. The smallest absolute Gasteiger partial charge is 0.326 e. The first-order chi connectivity index (χ1) is 22.2.